The Bertz CT molecular complexity index is 862. The molecule has 0 saturated carbocycles. The summed E-state index contributed by atoms with van der Waals surface area (Å²) in [6.07, 6.45) is 0.601. The van der Waals surface area contributed by atoms with Crippen molar-refractivity contribution in [2.75, 3.05) is 0 Å². The Labute approximate surface area is 183 Å². The lowest BCUT2D eigenvalue weighted by Gasteiger charge is -2.33. The molecule has 0 radical (unpaired) electrons. The summed E-state index contributed by atoms with van der Waals surface area (Å²) in [6, 6.07) is 14.0. The zero-order valence-electron chi connectivity index (χ0n) is 17.3. The minimum Gasteiger partial charge on any atom is -0.350 e. The zero-order valence-corrected chi connectivity index (χ0v) is 18.8. The summed E-state index contributed by atoms with van der Waals surface area (Å²) in [7, 11) is 0. The fourth-order valence-electron chi connectivity index (χ4n) is 3.09. The van der Waals surface area contributed by atoms with Crippen LogP contribution in [0.3, 0.4) is 0 Å². The molecule has 0 aromatic heterocycles. The summed E-state index contributed by atoms with van der Waals surface area (Å²) < 4.78 is 0. The predicted octanol–water partition coefficient (Wildman–Crippen LogP) is 5.26. The third-order valence-corrected chi connectivity index (χ3v) is 5.22. The van der Waals surface area contributed by atoms with Crippen molar-refractivity contribution in [1.82, 2.24) is 10.2 Å². The minimum atomic E-state index is -0.611. The van der Waals surface area contributed by atoms with Crippen LogP contribution in [0.4, 0.5) is 0 Å². The highest BCUT2D eigenvalue weighted by molar-refractivity contribution is 6.31. The molecule has 1 atom stereocenters. The fraction of sp³-hybridized carbons (Fsp3) is 0.391. The zero-order chi connectivity index (χ0) is 21.6. The molecule has 0 bridgehead atoms. The lowest BCUT2D eigenvalue weighted by atomic mass is 10.0. The van der Waals surface area contributed by atoms with Crippen molar-refractivity contribution in [2.24, 2.45) is 0 Å². The van der Waals surface area contributed by atoms with E-state index in [-0.39, 0.29) is 24.8 Å². The van der Waals surface area contributed by atoms with Crippen molar-refractivity contribution in [3.63, 3.8) is 0 Å². The van der Waals surface area contributed by atoms with Gasteiger partial charge < -0.3 is 10.2 Å². The molecule has 0 unspecified atom stereocenters. The molecule has 156 valence electrons. The van der Waals surface area contributed by atoms with E-state index in [1.165, 1.54) is 0 Å². The lowest BCUT2D eigenvalue weighted by Crippen LogP contribution is -2.53. The van der Waals surface area contributed by atoms with Crippen molar-refractivity contribution in [1.29, 1.82) is 0 Å². The van der Waals surface area contributed by atoms with Gasteiger partial charge in [0, 0.05) is 22.1 Å². The summed E-state index contributed by atoms with van der Waals surface area (Å²) in [5.74, 6) is -0.353. The summed E-state index contributed by atoms with van der Waals surface area (Å²) >= 11 is 12.6. The van der Waals surface area contributed by atoms with E-state index in [9.17, 15) is 9.59 Å². The Morgan fingerprint density at radius 1 is 0.966 bits per heavy atom. The van der Waals surface area contributed by atoms with Crippen LogP contribution in [-0.2, 0) is 22.6 Å². The van der Waals surface area contributed by atoms with Gasteiger partial charge in [-0.05, 0) is 50.5 Å². The SMILES string of the molecule is CC[C@@H](C(=O)NC(C)(C)C)N(Cc1ccccc1Cl)C(=O)Cc1ccccc1Cl. The maximum atomic E-state index is 13.3. The molecule has 2 aromatic rings. The Kier molecular flexibility index (Phi) is 8.12. The van der Waals surface area contributed by atoms with E-state index in [1.807, 2.05) is 64.1 Å². The fourth-order valence-corrected chi connectivity index (χ4v) is 3.49. The van der Waals surface area contributed by atoms with Gasteiger partial charge in [0.05, 0.1) is 6.42 Å². The van der Waals surface area contributed by atoms with Gasteiger partial charge in [-0.15, -0.1) is 0 Å². The molecule has 0 aliphatic carbocycles. The standard InChI is InChI=1S/C23H28Cl2N2O2/c1-5-20(22(29)26-23(2,3)4)27(15-17-11-7-9-13-19(17)25)21(28)14-16-10-6-8-12-18(16)24/h6-13,20H,5,14-15H2,1-4H3,(H,26,29)/t20-/m0/s1. The van der Waals surface area contributed by atoms with Crippen molar-refractivity contribution in [3.8, 4) is 0 Å². The smallest absolute Gasteiger partial charge is 0.243 e. The molecule has 6 heteroatoms. The molecule has 2 rings (SSSR count). The Morgan fingerprint density at radius 3 is 1.97 bits per heavy atom. The number of nitrogens with one attached hydrogen (secondary N) is 1. The van der Waals surface area contributed by atoms with E-state index in [4.69, 9.17) is 23.2 Å². The molecular weight excluding hydrogens is 407 g/mol. The monoisotopic (exact) mass is 434 g/mol. The van der Waals surface area contributed by atoms with Crippen LogP contribution >= 0.6 is 23.2 Å². The molecule has 1 N–H and O–H groups in total. The van der Waals surface area contributed by atoms with Gasteiger partial charge in [0.2, 0.25) is 11.8 Å². The van der Waals surface area contributed by atoms with Crippen LogP contribution in [0.2, 0.25) is 10.0 Å². The average Bonchev–Trinajstić information content (AvgIpc) is 2.63. The number of carbonyl (C=O) groups is 2. The molecule has 0 saturated heterocycles. The van der Waals surface area contributed by atoms with E-state index >= 15 is 0 Å². The highest BCUT2D eigenvalue weighted by Gasteiger charge is 2.31. The highest BCUT2D eigenvalue weighted by Crippen LogP contribution is 2.22. The van der Waals surface area contributed by atoms with Gasteiger partial charge in [-0.3, -0.25) is 9.59 Å². The van der Waals surface area contributed by atoms with Gasteiger partial charge in [-0.2, -0.15) is 0 Å². The number of halogens is 2. The van der Waals surface area contributed by atoms with Crippen LogP contribution in [0.25, 0.3) is 0 Å². The van der Waals surface area contributed by atoms with Crippen molar-refractivity contribution in [3.05, 3.63) is 69.7 Å². The molecule has 0 aliphatic heterocycles. The second-order valence-corrected chi connectivity index (χ2v) is 8.86. The van der Waals surface area contributed by atoms with Crippen molar-refractivity contribution < 1.29 is 9.59 Å². The Morgan fingerprint density at radius 2 is 1.48 bits per heavy atom. The lowest BCUT2D eigenvalue weighted by molar-refractivity contribution is -0.141. The Hall–Kier alpha value is -2.04. The van der Waals surface area contributed by atoms with Crippen molar-refractivity contribution in [2.45, 2.75) is 58.7 Å². The molecule has 2 amide bonds. The topological polar surface area (TPSA) is 49.4 Å². The average molecular weight is 435 g/mol. The number of hydrogen-bond acceptors (Lipinski definition) is 2. The number of benzene rings is 2. The van der Waals surface area contributed by atoms with Crippen LogP contribution in [0.5, 0.6) is 0 Å². The van der Waals surface area contributed by atoms with Crippen LogP contribution in [-0.4, -0.2) is 28.3 Å². The van der Waals surface area contributed by atoms with Gasteiger partial charge in [0.15, 0.2) is 0 Å². The molecule has 2 aromatic carbocycles. The minimum absolute atomic E-state index is 0.115. The molecule has 0 spiro atoms. The predicted molar refractivity (Wildman–Crippen MR) is 119 cm³/mol. The third-order valence-electron chi connectivity index (χ3n) is 4.48. The maximum absolute atomic E-state index is 13.3. The van der Waals surface area contributed by atoms with Crippen LogP contribution < -0.4 is 5.32 Å². The number of rotatable bonds is 7. The highest BCUT2D eigenvalue weighted by atomic mass is 35.5. The van der Waals surface area contributed by atoms with E-state index in [0.717, 1.165) is 11.1 Å². The van der Waals surface area contributed by atoms with Crippen LogP contribution in [0.15, 0.2) is 48.5 Å². The van der Waals surface area contributed by atoms with E-state index < -0.39 is 11.6 Å². The number of carbonyl (C=O) groups excluding carboxylic acids is 2. The molecule has 0 fully saturated rings. The summed E-state index contributed by atoms with van der Waals surface area (Å²) in [4.78, 5) is 27.9. The summed E-state index contributed by atoms with van der Waals surface area (Å²) in [5, 5.41) is 4.09. The van der Waals surface area contributed by atoms with E-state index in [2.05, 4.69) is 5.32 Å². The van der Waals surface area contributed by atoms with E-state index in [0.29, 0.717) is 16.5 Å². The number of hydrogen-bond donors (Lipinski definition) is 1. The van der Waals surface area contributed by atoms with Gasteiger partial charge in [0.1, 0.15) is 6.04 Å². The quantitative estimate of drug-likeness (QED) is 0.645. The Balaban J connectivity index is 2.35. The second kappa shape index (κ2) is 10.1. The van der Waals surface area contributed by atoms with Gasteiger partial charge in [0.25, 0.3) is 0 Å². The molecule has 29 heavy (non-hydrogen) atoms. The molecule has 0 aliphatic rings. The first kappa shape index (κ1) is 23.2. The molecular formula is C23H28Cl2N2O2. The molecule has 0 heterocycles. The van der Waals surface area contributed by atoms with Gasteiger partial charge >= 0.3 is 0 Å². The molecule has 4 nitrogen and oxygen atoms in total. The normalized spacial score (nSPS) is 12.3. The van der Waals surface area contributed by atoms with Crippen LogP contribution in [0, 0.1) is 0 Å². The number of amides is 2. The first-order valence-electron chi connectivity index (χ1n) is 9.70. The number of nitrogens with zero attached hydrogens (tertiary/aromatic N) is 1. The van der Waals surface area contributed by atoms with Crippen molar-refractivity contribution >= 4 is 35.0 Å². The second-order valence-electron chi connectivity index (χ2n) is 8.04. The maximum Gasteiger partial charge on any atom is 0.243 e. The first-order chi connectivity index (χ1) is 13.6. The van der Waals surface area contributed by atoms with E-state index in [1.54, 1.807) is 17.0 Å². The first-order valence-corrected chi connectivity index (χ1v) is 10.5. The van der Waals surface area contributed by atoms with Gasteiger partial charge in [-0.1, -0.05) is 66.5 Å². The summed E-state index contributed by atoms with van der Waals surface area (Å²) in [5.41, 5.74) is 1.13. The van der Waals surface area contributed by atoms with Crippen LogP contribution in [0.1, 0.15) is 45.2 Å². The van der Waals surface area contributed by atoms with Gasteiger partial charge in [-0.25, -0.2) is 0 Å². The largest absolute Gasteiger partial charge is 0.350 e. The third kappa shape index (κ3) is 6.76. The summed E-state index contributed by atoms with van der Waals surface area (Å²) in [6.45, 7) is 7.90.